The smallest absolute Gasteiger partial charge is 0.260 e. The van der Waals surface area contributed by atoms with Gasteiger partial charge in [0.1, 0.15) is 6.10 Å². The van der Waals surface area contributed by atoms with Gasteiger partial charge >= 0.3 is 0 Å². The molecule has 32 heavy (non-hydrogen) atoms. The van der Waals surface area contributed by atoms with Crippen LogP contribution in [0.5, 0.6) is 5.88 Å². The van der Waals surface area contributed by atoms with Crippen LogP contribution in [0.2, 0.25) is 0 Å². The molecule has 0 spiro atoms. The Kier molecular flexibility index (Phi) is 5.46. The largest absolute Gasteiger partial charge is 0.472 e. The molecule has 3 fully saturated rings. The van der Waals surface area contributed by atoms with Crippen LogP contribution in [0.1, 0.15) is 57.3 Å². The van der Waals surface area contributed by atoms with Crippen molar-refractivity contribution in [1.82, 2.24) is 24.2 Å². The molecule has 172 valence electrons. The SMILES string of the molecule is CC(C)(C)c1cccc(S(=O)(=O)N2CCN3C[C@@H](Oc4cnc(C5CC5)cn4)C[C@H]3C2)n1. The third-order valence-corrected chi connectivity index (χ3v) is 8.34. The summed E-state index contributed by atoms with van der Waals surface area (Å²) in [6, 6.07) is 5.40. The fourth-order valence-corrected chi connectivity index (χ4v) is 5.95. The Balaban J connectivity index is 1.24. The Bertz CT molecular complexity index is 1080. The van der Waals surface area contributed by atoms with Gasteiger partial charge in [0.2, 0.25) is 5.88 Å². The van der Waals surface area contributed by atoms with Crippen LogP contribution < -0.4 is 4.74 Å². The lowest BCUT2D eigenvalue weighted by molar-refractivity contribution is 0.150. The van der Waals surface area contributed by atoms with Gasteiger partial charge in [-0.3, -0.25) is 9.88 Å². The van der Waals surface area contributed by atoms with Crippen molar-refractivity contribution in [3.8, 4) is 5.88 Å². The van der Waals surface area contributed by atoms with Crippen LogP contribution in [0.3, 0.4) is 0 Å². The van der Waals surface area contributed by atoms with Gasteiger partial charge in [0.05, 0.1) is 18.1 Å². The number of aromatic nitrogens is 3. The van der Waals surface area contributed by atoms with Gasteiger partial charge in [-0.05, 0) is 25.0 Å². The van der Waals surface area contributed by atoms with E-state index in [1.54, 1.807) is 22.6 Å². The Morgan fingerprint density at radius 1 is 1.06 bits per heavy atom. The fraction of sp³-hybridized carbons (Fsp3) is 0.609. The van der Waals surface area contributed by atoms with Crippen LogP contribution in [-0.2, 0) is 15.4 Å². The molecule has 5 rings (SSSR count). The Morgan fingerprint density at radius 3 is 2.56 bits per heavy atom. The van der Waals surface area contributed by atoms with E-state index in [1.807, 2.05) is 33.0 Å². The average Bonchev–Trinajstić information content (AvgIpc) is 3.53. The molecule has 8 nitrogen and oxygen atoms in total. The van der Waals surface area contributed by atoms with E-state index >= 15 is 0 Å². The van der Waals surface area contributed by atoms with Gasteiger partial charge in [0.15, 0.2) is 5.03 Å². The van der Waals surface area contributed by atoms with Gasteiger partial charge in [-0.1, -0.05) is 26.8 Å². The van der Waals surface area contributed by atoms with E-state index in [9.17, 15) is 8.42 Å². The number of pyridine rings is 1. The lowest BCUT2D eigenvalue weighted by atomic mass is 9.92. The molecule has 0 bridgehead atoms. The highest BCUT2D eigenvalue weighted by Crippen LogP contribution is 2.38. The molecular formula is C23H31N5O3S. The van der Waals surface area contributed by atoms with Gasteiger partial charge in [0, 0.05) is 55.7 Å². The second-order valence-electron chi connectivity index (χ2n) is 10.2. The number of rotatable bonds is 5. The van der Waals surface area contributed by atoms with Crippen LogP contribution in [-0.4, -0.2) is 70.9 Å². The zero-order valence-corrected chi connectivity index (χ0v) is 19.8. The van der Waals surface area contributed by atoms with E-state index in [-0.39, 0.29) is 22.6 Å². The molecule has 0 amide bonds. The maximum atomic E-state index is 13.3. The molecule has 2 aromatic rings. The molecule has 9 heteroatoms. The molecule has 1 saturated carbocycles. The molecule has 1 aliphatic carbocycles. The third-order valence-electron chi connectivity index (χ3n) is 6.57. The minimum Gasteiger partial charge on any atom is -0.472 e. The molecule has 0 unspecified atom stereocenters. The second-order valence-corrected chi connectivity index (χ2v) is 12.0. The molecule has 2 aromatic heterocycles. The Hall–Kier alpha value is -2.10. The molecule has 2 atom stereocenters. The van der Waals surface area contributed by atoms with Crippen molar-refractivity contribution >= 4 is 10.0 Å². The number of hydrogen-bond acceptors (Lipinski definition) is 7. The first kappa shape index (κ1) is 21.7. The first-order chi connectivity index (χ1) is 15.2. The molecule has 0 N–H and O–H groups in total. The summed E-state index contributed by atoms with van der Waals surface area (Å²) in [5.41, 5.74) is 1.62. The monoisotopic (exact) mass is 457 g/mol. The molecule has 0 aromatic carbocycles. The summed E-state index contributed by atoms with van der Waals surface area (Å²) in [4.78, 5) is 15.7. The third kappa shape index (κ3) is 4.38. The summed E-state index contributed by atoms with van der Waals surface area (Å²) in [5, 5.41) is 0.134. The van der Waals surface area contributed by atoms with Crippen molar-refractivity contribution in [1.29, 1.82) is 0 Å². The van der Waals surface area contributed by atoms with E-state index in [0.717, 1.165) is 24.4 Å². The van der Waals surface area contributed by atoms with Crippen molar-refractivity contribution in [2.24, 2.45) is 0 Å². The summed E-state index contributed by atoms with van der Waals surface area (Å²) in [5.74, 6) is 1.12. The van der Waals surface area contributed by atoms with Crippen molar-refractivity contribution in [3.63, 3.8) is 0 Å². The normalized spacial score (nSPS) is 25.0. The summed E-state index contributed by atoms with van der Waals surface area (Å²) in [6.45, 7) is 8.49. The molecule has 4 heterocycles. The Morgan fingerprint density at radius 2 is 1.88 bits per heavy atom. The Labute approximate surface area is 190 Å². The van der Waals surface area contributed by atoms with Gasteiger partial charge in [-0.25, -0.2) is 18.4 Å². The number of hydrogen-bond donors (Lipinski definition) is 0. The highest BCUT2D eigenvalue weighted by atomic mass is 32.2. The summed E-state index contributed by atoms with van der Waals surface area (Å²) in [6.07, 6.45) is 6.70. The number of sulfonamides is 1. The zero-order chi connectivity index (χ0) is 22.5. The van der Waals surface area contributed by atoms with Crippen LogP contribution in [0.25, 0.3) is 0 Å². The molecule has 2 aliphatic heterocycles. The van der Waals surface area contributed by atoms with Gasteiger partial charge in [-0.2, -0.15) is 4.31 Å². The predicted molar refractivity (Wildman–Crippen MR) is 120 cm³/mol. The topological polar surface area (TPSA) is 88.5 Å². The second kappa shape index (κ2) is 8.04. The first-order valence-electron chi connectivity index (χ1n) is 11.4. The summed E-state index contributed by atoms with van der Waals surface area (Å²) in [7, 11) is -3.63. The van der Waals surface area contributed by atoms with Crippen LogP contribution in [0.15, 0.2) is 35.6 Å². The standard InChI is InChI=1S/C23H31N5O3S/c1-23(2,3)20-5-4-6-22(26-20)32(29,30)28-10-9-27-15-18(11-17(27)14-28)31-21-13-24-19(12-25-21)16-7-8-16/h4-6,12-13,16-18H,7-11,14-15H2,1-3H3/t17-,18-/m0/s1. The minimum absolute atomic E-state index is 0.00827. The van der Waals surface area contributed by atoms with Gasteiger partial charge < -0.3 is 4.74 Å². The van der Waals surface area contributed by atoms with Gasteiger partial charge in [-0.15, -0.1) is 0 Å². The van der Waals surface area contributed by atoms with E-state index in [4.69, 9.17) is 4.74 Å². The van der Waals surface area contributed by atoms with E-state index < -0.39 is 10.0 Å². The minimum atomic E-state index is -3.63. The quantitative estimate of drug-likeness (QED) is 0.682. The summed E-state index contributed by atoms with van der Waals surface area (Å²) < 4.78 is 34.3. The molecular weight excluding hydrogens is 426 g/mol. The van der Waals surface area contributed by atoms with Crippen LogP contribution in [0.4, 0.5) is 0 Å². The zero-order valence-electron chi connectivity index (χ0n) is 18.9. The maximum Gasteiger partial charge on any atom is 0.260 e. The highest BCUT2D eigenvalue weighted by molar-refractivity contribution is 7.89. The molecule has 2 saturated heterocycles. The van der Waals surface area contributed by atoms with Crippen molar-refractivity contribution in [3.05, 3.63) is 42.0 Å². The molecule has 0 radical (unpaired) electrons. The fourth-order valence-electron chi connectivity index (χ4n) is 4.53. The first-order valence-corrected chi connectivity index (χ1v) is 12.8. The van der Waals surface area contributed by atoms with E-state index in [0.29, 0.717) is 31.4 Å². The van der Waals surface area contributed by atoms with E-state index in [1.165, 1.54) is 12.8 Å². The predicted octanol–water partition coefficient (Wildman–Crippen LogP) is 2.57. The number of piperazine rings is 1. The lowest BCUT2D eigenvalue weighted by Crippen LogP contribution is -2.52. The molecule has 3 aliphatic rings. The van der Waals surface area contributed by atoms with Crippen molar-refractivity contribution in [2.75, 3.05) is 26.2 Å². The van der Waals surface area contributed by atoms with Crippen LogP contribution >= 0.6 is 0 Å². The number of fused-ring (bicyclic) bond motifs is 1. The van der Waals surface area contributed by atoms with Crippen LogP contribution in [0, 0.1) is 0 Å². The average molecular weight is 458 g/mol. The lowest BCUT2D eigenvalue weighted by Gasteiger charge is -2.36. The van der Waals surface area contributed by atoms with E-state index in [2.05, 4.69) is 19.9 Å². The summed E-state index contributed by atoms with van der Waals surface area (Å²) >= 11 is 0. The maximum absolute atomic E-state index is 13.3. The van der Waals surface area contributed by atoms with Crippen molar-refractivity contribution < 1.29 is 13.2 Å². The number of nitrogens with zero attached hydrogens (tertiary/aromatic N) is 5. The van der Waals surface area contributed by atoms with Crippen molar-refractivity contribution in [2.45, 2.75) is 68.5 Å². The van der Waals surface area contributed by atoms with Gasteiger partial charge in [0.25, 0.3) is 10.0 Å². The highest BCUT2D eigenvalue weighted by Gasteiger charge is 2.41. The number of ether oxygens (including phenoxy) is 1.